The minimum absolute atomic E-state index is 0.137. The normalized spacial score (nSPS) is 16.7. The molecule has 0 bridgehead atoms. The number of aryl methyl sites for hydroxylation is 2. The van der Waals surface area contributed by atoms with Gasteiger partial charge in [0.15, 0.2) is 0 Å². The van der Waals surface area contributed by atoms with Gasteiger partial charge in [0.05, 0.1) is 5.56 Å². The summed E-state index contributed by atoms with van der Waals surface area (Å²) in [7, 11) is 0. The van der Waals surface area contributed by atoms with E-state index in [1.54, 1.807) is 6.20 Å². The van der Waals surface area contributed by atoms with Crippen LogP contribution in [0.5, 0.6) is 0 Å². The first-order valence-electron chi connectivity index (χ1n) is 6.83. The fourth-order valence-corrected chi connectivity index (χ4v) is 3.29. The topological polar surface area (TPSA) is 33.2 Å². The monoisotopic (exact) mass is 278 g/mol. The van der Waals surface area contributed by atoms with Gasteiger partial charge in [-0.05, 0) is 56.2 Å². The molecule has 1 aliphatic rings. The van der Waals surface area contributed by atoms with Crippen molar-refractivity contribution in [3.05, 3.63) is 29.1 Å². The molecule has 1 saturated heterocycles. The Balaban J connectivity index is 1.99. The number of aromatic nitrogens is 1. The minimum Gasteiger partial charge on any atom is -0.339 e. The molecular formula is C15H22N2OS. The average molecular weight is 278 g/mol. The van der Waals surface area contributed by atoms with Crippen molar-refractivity contribution in [2.45, 2.75) is 26.7 Å². The van der Waals surface area contributed by atoms with Crippen LogP contribution in [0.4, 0.5) is 0 Å². The molecule has 0 spiro atoms. The lowest BCUT2D eigenvalue weighted by Gasteiger charge is -2.31. The van der Waals surface area contributed by atoms with Gasteiger partial charge in [0, 0.05) is 25.0 Å². The molecule has 104 valence electrons. The first-order valence-corrected chi connectivity index (χ1v) is 8.22. The number of rotatable bonds is 3. The van der Waals surface area contributed by atoms with E-state index in [-0.39, 0.29) is 5.91 Å². The van der Waals surface area contributed by atoms with Gasteiger partial charge in [-0.2, -0.15) is 11.8 Å². The molecule has 0 N–H and O–H groups in total. The van der Waals surface area contributed by atoms with Crippen molar-refractivity contribution < 1.29 is 4.79 Å². The van der Waals surface area contributed by atoms with Gasteiger partial charge in [-0.3, -0.25) is 9.78 Å². The Labute approximate surface area is 119 Å². The Morgan fingerprint density at radius 3 is 2.68 bits per heavy atom. The van der Waals surface area contributed by atoms with Crippen LogP contribution in [0, 0.1) is 19.8 Å². The molecule has 0 saturated carbocycles. The van der Waals surface area contributed by atoms with E-state index in [0.717, 1.165) is 48.7 Å². The van der Waals surface area contributed by atoms with Crippen LogP contribution in [-0.4, -0.2) is 40.9 Å². The third kappa shape index (κ3) is 3.50. The van der Waals surface area contributed by atoms with Crippen molar-refractivity contribution in [1.29, 1.82) is 0 Å². The van der Waals surface area contributed by atoms with Crippen molar-refractivity contribution in [2.24, 2.45) is 5.92 Å². The fourth-order valence-electron chi connectivity index (χ4n) is 2.48. The highest BCUT2D eigenvalue weighted by atomic mass is 32.2. The minimum atomic E-state index is 0.137. The molecule has 2 rings (SSSR count). The smallest absolute Gasteiger partial charge is 0.255 e. The standard InChI is InChI=1S/C15H22N2OS/c1-11-8-14(9-16-12(11)2)15(18)17-6-4-13(5-7-17)10-19-3/h8-9,13H,4-7,10H2,1-3H3. The van der Waals surface area contributed by atoms with Crippen molar-refractivity contribution in [3.63, 3.8) is 0 Å². The van der Waals surface area contributed by atoms with Crippen LogP contribution in [0.2, 0.25) is 0 Å². The second kappa shape index (κ2) is 6.42. The number of carbonyl (C=O) groups is 1. The highest BCUT2D eigenvalue weighted by molar-refractivity contribution is 7.98. The summed E-state index contributed by atoms with van der Waals surface area (Å²) >= 11 is 1.90. The molecule has 0 atom stereocenters. The highest BCUT2D eigenvalue weighted by Gasteiger charge is 2.23. The van der Waals surface area contributed by atoms with E-state index in [0.29, 0.717) is 0 Å². The summed E-state index contributed by atoms with van der Waals surface area (Å²) in [5.41, 5.74) is 2.81. The maximum absolute atomic E-state index is 12.4. The number of amides is 1. The molecule has 1 aromatic rings. The SMILES string of the molecule is CSCC1CCN(C(=O)c2cnc(C)c(C)c2)CC1. The number of hydrogen-bond donors (Lipinski definition) is 0. The molecular weight excluding hydrogens is 256 g/mol. The maximum Gasteiger partial charge on any atom is 0.255 e. The van der Waals surface area contributed by atoms with Crippen LogP contribution in [0.3, 0.4) is 0 Å². The van der Waals surface area contributed by atoms with Crippen LogP contribution in [0.15, 0.2) is 12.3 Å². The van der Waals surface area contributed by atoms with Gasteiger partial charge in [-0.15, -0.1) is 0 Å². The molecule has 4 heteroatoms. The lowest BCUT2D eigenvalue weighted by Crippen LogP contribution is -2.39. The zero-order valence-electron chi connectivity index (χ0n) is 12.0. The Morgan fingerprint density at radius 2 is 2.11 bits per heavy atom. The number of nitrogens with zero attached hydrogens (tertiary/aromatic N) is 2. The number of piperidine rings is 1. The van der Waals surface area contributed by atoms with Gasteiger partial charge in [0.25, 0.3) is 5.91 Å². The zero-order chi connectivity index (χ0) is 13.8. The third-order valence-corrected chi connectivity index (χ3v) is 4.70. The summed E-state index contributed by atoms with van der Waals surface area (Å²) in [5, 5.41) is 0. The number of hydrogen-bond acceptors (Lipinski definition) is 3. The molecule has 3 nitrogen and oxygen atoms in total. The molecule has 2 heterocycles. The van der Waals surface area contributed by atoms with Gasteiger partial charge >= 0.3 is 0 Å². The fraction of sp³-hybridized carbons (Fsp3) is 0.600. The molecule has 1 aromatic heterocycles. The van der Waals surface area contributed by atoms with Crippen LogP contribution >= 0.6 is 11.8 Å². The van der Waals surface area contributed by atoms with Crippen LogP contribution in [-0.2, 0) is 0 Å². The predicted octanol–water partition coefficient (Wildman–Crippen LogP) is 2.91. The first-order chi connectivity index (χ1) is 9.11. The van der Waals surface area contributed by atoms with Crippen LogP contribution < -0.4 is 0 Å². The third-order valence-electron chi connectivity index (χ3n) is 3.89. The lowest BCUT2D eigenvalue weighted by molar-refractivity contribution is 0.0698. The predicted molar refractivity (Wildman–Crippen MR) is 80.7 cm³/mol. The Hall–Kier alpha value is -1.03. The van der Waals surface area contributed by atoms with Crippen molar-refractivity contribution in [3.8, 4) is 0 Å². The van der Waals surface area contributed by atoms with Crippen LogP contribution in [0.25, 0.3) is 0 Å². The molecule has 1 amide bonds. The summed E-state index contributed by atoms with van der Waals surface area (Å²) in [5.74, 6) is 2.13. The average Bonchev–Trinajstić information content (AvgIpc) is 2.42. The van der Waals surface area contributed by atoms with E-state index in [9.17, 15) is 4.79 Å². The Morgan fingerprint density at radius 1 is 1.42 bits per heavy atom. The quantitative estimate of drug-likeness (QED) is 0.852. The van der Waals surface area contributed by atoms with E-state index in [4.69, 9.17) is 0 Å². The summed E-state index contributed by atoms with van der Waals surface area (Å²) in [4.78, 5) is 18.7. The maximum atomic E-state index is 12.4. The van der Waals surface area contributed by atoms with E-state index in [1.165, 1.54) is 5.75 Å². The molecule has 0 radical (unpaired) electrons. The van der Waals surface area contributed by atoms with Crippen LogP contribution in [0.1, 0.15) is 34.5 Å². The lowest BCUT2D eigenvalue weighted by atomic mass is 9.98. The number of pyridine rings is 1. The largest absolute Gasteiger partial charge is 0.339 e. The van der Waals surface area contributed by atoms with E-state index >= 15 is 0 Å². The summed E-state index contributed by atoms with van der Waals surface area (Å²) in [6.45, 7) is 5.75. The number of carbonyl (C=O) groups excluding carboxylic acids is 1. The van der Waals surface area contributed by atoms with Gasteiger partial charge < -0.3 is 4.90 Å². The summed E-state index contributed by atoms with van der Waals surface area (Å²) in [6, 6.07) is 1.96. The summed E-state index contributed by atoms with van der Waals surface area (Å²) in [6.07, 6.45) is 6.12. The summed E-state index contributed by atoms with van der Waals surface area (Å²) < 4.78 is 0. The van der Waals surface area contributed by atoms with E-state index < -0.39 is 0 Å². The van der Waals surface area contributed by atoms with Crippen molar-refractivity contribution in [2.75, 3.05) is 25.1 Å². The Kier molecular flexibility index (Phi) is 4.86. The van der Waals surface area contributed by atoms with Crippen molar-refractivity contribution >= 4 is 17.7 Å². The molecule has 19 heavy (non-hydrogen) atoms. The Bertz CT molecular complexity index is 453. The van der Waals surface area contributed by atoms with Gasteiger partial charge in [0.1, 0.15) is 0 Å². The number of likely N-dealkylation sites (tertiary alicyclic amines) is 1. The van der Waals surface area contributed by atoms with Gasteiger partial charge in [0.2, 0.25) is 0 Å². The van der Waals surface area contributed by atoms with Gasteiger partial charge in [-0.25, -0.2) is 0 Å². The molecule has 0 unspecified atom stereocenters. The molecule has 1 fully saturated rings. The second-order valence-corrected chi connectivity index (χ2v) is 6.23. The molecule has 1 aliphatic heterocycles. The second-order valence-electron chi connectivity index (χ2n) is 5.32. The zero-order valence-corrected chi connectivity index (χ0v) is 12.8. The molecule has 0 aromatic carbocycles. The molecule has 0 aliphatic carbocycles. The number of thioether (sulfide) groups is 1. The van der Waals surface area contributed by atoms with Crippen molar-refractivity contribution in [1.82, 2.24) is 9.88 Å². The van der Waals surface area contributed by atoms with E-state index in [2.05, 4.69) is 11.2 Å². The van der Waals surface area contributed by atoms with Gasteiger partial charge in [-0.1, -0.05) is 0 Å². The first kappa shape index (κ1) is 14.4. The van der Waals surface area contributed by atoms with E-state index in [1.807, 2.05) is 36.6 Å². The highest BCUT2D eigenvalue weighted by Crippen LogP contribution is 2.22.